The zero-order chi connectivity index (χ0) is 14.7. The third kappa shape index (κ3) is 3.12. The van der Waals surface area contributed by atoms with E-state index >= 15 is 0 Å². The second-order valence-corrected chi connectivity index (χ2v) is 5.56. The van der Waals surface area contributed by atoms with Crippen molar-refractivity contribution >= 4 is 23.4 Å². The molecule has 108 valence electrons. The minimum Gasteiger partial charge on any atom is -0.343 e. The van der Waals surface area contributed by atoms with Gasteiger partial charge in [0.2, 0.25) is 11.8 Å². The molecule has 1 aliphatic heterocycles. The molecule has 1 aromatic rings. The van der Waals surface area contributed by atoms with E-state index in [0.717, 1.165) is 12.0 Å². The van der Waals surface area contributed by atoms with E-state index < -0.39 is 12.1 Å². The maximum Gasteiger partial charge on any atom is 0.246 e. The van der Waals surface area contributed by atoms with Gasteiger partial charge in [0, 0.05) is 11.6 Å². The van der Waals surface area contributed by atoms with Crippen LogP contribution in [0, 0.1) is 0 Å². The van der Waals surface area contributed by atoms with E-state index in [1.165, 1.54) is 0 Å². The minimum atomic E-state index is -0.449. The highest BCUT2D eigenvalue weighted by atomic mass is 35.5. The lowest BCUT2D eigenvalue weighted by atomic mass is 10.0. The SMILES string of the molecule is CCCC1NC(=O)C(C)N(Cc2cccc(Cl)c2)C1=O. The summed E-state index contributed by atoms with van der Waals surface area (Å²) < 4.78 is 0. The van der Waals surface area contributed by atoms with Crippen molar-refractivity contribution < 1.29 is 9.59 Å². The lowest BCUT2D eigenvalue weighted by Gasteiger charge is -2.37. The smallest absolute Gasteiger partial charge is 0.246 e. The molecule has 2 unspecified atom stereocenters. The van der Waals surface area contributed by atoms with Crippen molar-refractivity contribution in [3.63, 3.8) is 0 Å². The maximum absolute atomic E-state index is 12.4. The quantitative estimate of drug-likeness (QED) is 0.927. The number of nitrogens with one attached hydrogen (secondary N) is 1. The molecule has 4 nitrogen and oxygen atoms in total. The molecule has 1 fully saturated rings. The fraction of sp³-hybridized carbons (Fsp3) is 0.467. The monoisotopic (exact) mass is 294 g/mol. The van der Waals surface area contributed by atoms with Gasteiger partial charge in [-0.25, -0.2) is 0 Å². The molecule has 1 saturated heterocycles. The second-order valence-electron chi connectivity index (χ2n) is 5.12. The predicted molar refractivity (Wildman–Crippen MR) is 78.3 cm³/mol. The molecule has 0 saturated carbocycles. The molecule has 1 aromatic carbocycles. The number of amides is 2. The summed E-state index contributed by atoms with van der Waals surface area (Å²) >= 11 is 5.96. The van der Waals surface area contributed by atoms with Crippen molar-refractivity contribution in [2.24, 2.45) is 0 Å². The average Bonchev–Trinajstić information content (AvgIpc) is 2.41. The fourth-order valence-corrected chi connectivity index (χ4v) is 2.63. The first-order valence-corrected chi connectivity index (χ1v) is 7.26. The lowest BCUT2D eigenvalue weighted by molar-refractivity contribution is -0.149. The lowest BCUT2D eigenvalue weighted by Crippen LogP contribution is -2.61. The third-order valence-corrected chi connectivity index (χ3v) is 3.80. The molecule has 0 aromatic heterocycles. The van der Waals surface area contributed by atoms with Crippen LogP contribution in [0.15, 0.2) is 24.3 Å². The molecule has 1 heterocycles. The Morgan fingerprint density at radius 3 is 2.75 bits per heavy atom. The van der Waals surface area contributed by atoms with Crippen LogP contribution in [0.3, 0.4) is 0 Å². The maximum atomic E-state index is 12.4. The van der Waals surface area contributed by atoms with Crippen LogP contribution in [0.1, 0.15) is 32.3 Å². The van der Waals surface area contributed by atoms with Crippen molar-refractivity contribution in [1.82, 2.24) is 10.2 Å². The number of carbonyl (C=O) groups excluding carboxylic acids is 2. The molecule has 2 amide bonds. The number of nitrogens with zero attached hydrogens (tertiary/aromatic N) is 1. The number of halogens is 1. The first kappa shape index (κ1) is 14.9. The molecular formula is C15H19ClN2O2. The van der Waals surface area contributed by atoms with Gasteiger partial charge in [-0.1, -0.05) is 37.1 Å². The zero-order valence-electron chi connectivity index (χ0n) is 11.7. The summed E-state index contributed by atoms with van der Waals surface area (Å²) in [6.07, 6.45) is 1.53. The van der Waals surface area contributed by atoms with Crippen LogP contribution >= 0.6 is 11.6 Å². The highest BCUT2D eigenvalue weighted by molar-refractivity contribution is 6.30. The van der Waals surface area contributed by atoms with Crippen LogP contribution in [0.2, 0.25) is 5.02 Å². The van der Waals surface area contributed by atoms with Crippen molar-refractivity contribution in [3.05, 3.63) is 34.9 Å². The summed E-state index contributed by atoms with van der Waals surface area (Å²) in [6, 6.07) is 6.52. The normalized spacial score (nSPS) is 22.9. The van der Waals surface area contributed by atoms with E-state index in [4.69, 9.17) is 11.6 Å². The van der Waals surface area contributed by atoms with E-state index in [9.17, 15) is 9.59 Å². The number of rotatable bonds is 4. The van der Waals surface area contributed by atoms with Crippen LogP contribution < -0.4 is 5.32 Å². The van der Waals surface area contributed by atoms with Gasteiger partial charge in [0.25, 0.3) is 0 Å². The summed E-state index contributed by atoms with van der Waals surface area (Å²) in [4.78, 5) is 26.0. The largest absolute Gasteiger partial charge is 0.343 e. The first-order chi connectivity index (χ1) is 9.52. The fourth-order valence-electron chi connectivity index (χ4n) is 2.42. The molecule has 5 heteroatoms. The Labute approximate surface area is 124 Å². The summed E-state index contributed by atoms with van der Waals surface area (Å²) in [5.41, 5.74) is 0.933. The van der Waals surface area contributed by atoms with Crippen LogP contribution in [0.25, 0.3) is 0 Å². The van der Waals surface area contributed by atoms with E-state index in [2.05, 4.69) is 5.32 Å². The van der Waals surface area contributed by atoms with Gasteiger partial charge in [0.1, 0.15) is 12.1 Å². The number of hydrogen-bond acceptors (Lipinski definition) is 2. The van der Waals surface area contributed by atoms with Crippen molar-refractivity contribution in [2.45, 2.75) is 45.3 Å². The van der Waals surface area contributed by atoms with E-state index in [0.29, 0.717) is 18.0 Å². The van der Waals surface area contributed by atoms with Gasteiger partial charge in [0.15, 0.2) is 0 Å². The number of piperazine rings is 1. The van der Waals surface area contributed by atoms with E-state index in [-0.39, 0.29) is 11.8 Å². The van der Waals surface area contributed by atoms with Crippen LogP contribution in [-0.4, -0.2) is 28.8 Å². The number of carbonyl (C=O) groups is 2. The Bertz CT molecular complexity index is 518. The van der Waals surface area contributed by atoms with Crippen molar-refractivity contribution in [3.8, 4) is 0 Å². The highest BCUT2D eigenvalue weighted by Crippen LogP contribution is 2.18. The Balaban J connectivity index is 2.18. The predicted octanol–water partition coefficient (Wildman–Crippen LogP) is 2.36. The number of benzene rings is 1. The molecule has 0 aliphatic carbocycles. The minimum absolute atomic E-state index is 0.0149. The van der Waals surface area contributed by atoms with Gasteiger partial charge in [-0.15, -0.1) is 0 Å². The Hall–Kier alpha value is -1.55. The van der Waals surface area contributed by atoms with Gasteiger partial charge in [-0.2, -0.15) is 0 Å². The van der Waals surface area contributed by atoms with Gasteiger partial charge < -0.3 is 10.2 Å². The van der Waals surface area contributed by atoms with Crippen LogP contribution in [-0.2, 0) is 16.1 Å². The molecule has 2 rings (SSSR count). The molecule has 1 N–H and O–H groups in total. The molecule has 0 bridgehead atoms. The molecule has 1 aliphatic rings. The van der Waals surface area contributed by atoms with Gasteiger partial charge >= 0.3 is 0 Å². The molecular weight excluding hydrogens is 276 g/mol. The van der Waals surface area contributed by atoms with Crippen LogP contribution in [0.5, 0.6) is 0 Å². The molecule has 20 heavy (non-hydrogen) atoms. The van der Waals surface area contributed by atoms with E-state index in [1.54, 1.807) is 17.9 Å². The van der Waals surface area contributed by atoms with E-state index in [1.807, 2.05) is 25.1 Å². The molecule has 2 atom stereocenters. The zero-order valence-corrected chi connectivity index (χ0v) is 12.5. The summed E-state index contributed by atoms with van der Waals surface area (Å²) in [7, 11) is 0. The summed E-state index contributed by atoms with van der Waals surface area (Å²) in [5, 5.41) is 3.42. The highest BCUT2D eigenvalue weighted by Gasteiger charge is 2.37. The second kappa shape index (κ2) is 6.27. The third-order valence-electron chi connectivity index (χ3n) is 3.56. The van der Waals surface area contributed by atoms with Crippen LogP contribution in [0.4, 0.5) is 0 Å². The van der Waals surface area contributed by atoms with Gasteiger partial charge in [0.05, 0.1) is 0 Å². The Morgan fingerprint density at radius 1 is 1.35 bits per heavy atom. The average molecular weight is 295 g/mol. The first-order valence-electron chi connectivity index (χ1n) is 6.88. The molecule has 0 spiro atoms. The summed E-state index contributed by atoms with van der Waals surface area (Å²) in [5.74, 6) is -0.107. The number of hydrogen-bond donors (Lipinski definition) is 1. The Kier molecular flexibility index (Phi) is 4.65. The van der Waals surface area contributed by atoms with Crippen molar-refractivity contribution in [1.29, 1.82) is 0 Å². The summed E-state index contributed by atoms with van der Waals surface area (Å²) in [6.45, 7) is 4.16. The molecule has 0 radical (unpaired) electrons. The topological polar surface area (TPSA) is 49.4 Å². The Morgan fingerprint density at radius 2 is 2.10 bits per heavy atom. The standard InChI is InChI=1S/C15H19ClN2O2/c1-3-5-13-15(20)18(10(2)14(19)17-13)9-11-6-4-7-12(16)8-11/h4,6-8,10,13H,3,5,9H2,1-2H3,(H,17,19). The van der Waals surface area contributed by atoms with Gasteiger partial charge in [-0.3, -0.25) is 9.59 Å². The van der Waals surface area contributed by atoms with Crippen molar-refractivity contribution in [2.75, 3.05) is 0 Å². The van der Waals surface area contributed by atoms with Gasteiger partial charge in [-0.05, 0) is 31.0 Å².